The van der Waals surface area contributed by atoms with Gasteiger partial charge in [0.15, 0.2) is 5.82 Å². The van der Waals surface area contributed by atoms with E-state index < -0.39 is 0 Å². The zero-order chi connectivity index (χ0) is 20.7. The van der Waals surface area contributed by atoms with Crippen molar-refractivity contribution in [3.8, 4) is 11.4 Å². The van der Waals surface area contributed by atoms with Crippen LogP contribution in [0.3, 0.4) is 0 Å². The van der Waals surface area contributed by atoms with E-state index in [4.69, 9.17) is 27.9 Å². The predicted molar refractivity (Wildman–Crippen MR) is 119 cm³/mol. The van der Waals surface area contributed by atoms with Gasteiger partial charge in [-0.25, -0.2) is 0 Å². The first-order valence-corrected chi connectivity index (χ1v) is 11.2. The summed E-state index contributed by atoms with van der Waals surface area (Å²) < 4.78 is 8.43. The van der Waals surface area contributed by atoms with E-state index in [1.54, 1.807) is 0 Å². The summed E-state index contributed by atoms with van der Waals surface area (Å²) in [7, 11) is 2.10. The molecule has 1 aliphatic heterocycles. The van der Waals surface area contributed by atoms with Gasteiger partial charge in [-0.15, -0.1) is 10.2 Å². The normalized spacial score (nSPS) is 21.6. The van der Waals surface area contributed by atoms with Crippen molar-refractivity contribution in [1.29, 1.82) is 0 Å². The highest BCUT2D eigenvalue weighted by Gasteiger charge is 2.30. The van der Waals surface area contributed by atoms with Gasteiger partial charge in [-0.05, 0) is 74.7 Å². The third-order valence-electron chi connectivity index (χ3n) is 6.03. The molecule has 7 heteroatoms. The quantitative estimate of drug-likeness (QED) is 0.527. The Labute approximate surface area is 186 Å². The van der Waals surface area contributed by atoms with Crippen LogP contribution in [0.15, 0.2) is 42.5 Å². The summed E-state index contributed by atoms with van der Waals surface area (Å²) in [6.07, 6.45) is 4.26. The smallest absolute Gasteiger partial charge is 0.151 e. The molecule has 0 atom stereocenters. The Morgan fingerprint density at radius 3 is 2.53 bits per heavy atom. The molecule has 0 amide bonds. The fourth-order valence-electron chi connectivity index (χ4n) is 4.62. The number of ether oxygens (including phenoxy) is 1. The Bertz CT molecular complexity index is 1060. The predicted octanol–water partition coefficient (Wildman–Crippen LogP) is 5.62. The monoisotopic (exact) mass is 442 g/mol. The van der Waals surface area contributed by atoms with Gasteiger partial charge in [0.1, 0.15) is 11.6 Å². The van der Waals surface area contributed by atoms with Gasteiger partial charge in [0.2, 0.25) is 0 Å². The van der Waals surface area contributed by atoms with Crippen molar-refractivity contribution in [2.75, 3.05) is 7.05 Å². The molecule has 0 bridgehead atoms. The lowest BCUT2D eigenvalue weighted by Gasteiger charge is -2.29. The highest BCUT2D eigenvalue weighted by atomic mass is 35.5. The number of aromatic nitrogens is 3. The number of fused-ring (bicyclic) bond motifs is 3. The lowest BCUT2D eigenvalue weighted by Crippen LogP contribution is -2.25. The van der Waals surface area contributed by atoms with E-state index in [0.29, 0.717) is 10.9 Å². The maximum Gasteiger partial charge on any atom is 0.151 e. The van der Waals surface area contributed by atoms with Crippen molar-refractivity contribution in [3.63, 3.8) is 0 Å². The number of benzene rings is 2. The molecule has 3 aromatic rings. The number of hydrogen-bond donors (Lipinski definition) is 0. The highest BCUT2D eigenvalue weighted by molar-refractivity contribution is 6.31. The second-order valence-corrected chi connectivity index (χ2v) is 9.18. The molecule has 2 aliphatic rings. The van der Waals surface area contributed by atoms with Crippen molar-refractivity contribution in [1.82, 2.24) is 19.7 Å². The van der Waals surface area contributed by atoms with Crippen molar-refractivity contribution in [3.05, 3.63) is 69.7 Å². The molecule has 5 rings (SSSR count). The van der Waals surface area contributed by atoms with Crippen LogP contribution < -0.4 is 4.74 Å². The molecule has 1 aromatic heterocycles. The average Bonchev–Trinajstić information content (AvgIpc) is 3.06. The molecule has 30 heavy (non-hydrogen) atoms. The van der Waals surface area contributed by atoms with Crippen LogP contribution in [0.5, 0.6) is 5.75 Å². The molecule has 0 unspecified atom stereocenters. The Hall–Kier alpha value is -2.08. The standard InChI is InChI=1S/C23H24Cl2N4O/c1-28-13-16-11-18(25)7-10-21(16)29-22(14-28)26-27-23(29)15-5-8-19(9-6-15)30-20-4-2-3-17(24)12-20/h2-4,7,10-12,15,19H,5-6,8-9,13-14H2,1H3. The molecule has 2 aromatic carbocycles. The van der Waals surface area contributed by atoms with E-state index in [1.807, 2.05) is 30.3 Å². The molecular formula is C23H24Cl2N4O. The van der Waals surface area contributed by atoms with E-state index >= 15 is 0 Å². The van der Waals surface area contributed by atoms with Gasteiger partial charge in [0.05, 0.1) is 18.3 Å². The first-order chi connectivity index (χ1) is 14.6. The van der Waals surface area contributed by atoms with Gasteiger partial charge in [0.25, 0.3) is 0 Å². The van der Waals surface area contributed by atoms with Gasteiger partial charge in [-0.3, -0.25) is 9.47 Å². The topological polar surface area (TPSA) is 43.2 Å². The highest BCUT2D eigenvalue weighted by Crippen LogP contribution is 2.37. The summed E-state index contributed by atoms with van der Waals surface area (Å²) in [5.74, 6) is 3.27. The van der Waals surface area contributed by atoms with Crippen LogP contribution in [0, 0.1) is 0 Å². The minimum absolute atomic E-state index is 0.212. The molecule has 1 fully saturated rings. The van der Waals surface area contributed by atoms with Crippen LogP contribution in [-0.4, -0.2) is 32.8 Å². The number of hydrogen-bond acceptors (Lipinski definition) is 4. The number of halogens is 2. The van der Waals surface area contributed by atoms with Crippen molar-refractivity contribution < 1.29 is 4.74 Å². The zero-order valence-corrected chi connectivity index (χ0v) is 18.4. The van der Waals surface area contributed by atoms with Crippen molar-refractivity contribution in [2.24, 2.45) is 0 Å². The summed E-state index contributed by atoms with van der Waals surface area (Å²) >= 11 is 12.4. The largest absolute Gasteiger partial charge is 0.490 e. The Kier molecular flexibility index (Phi) is 5.44. The molecule has 5 nitrogen and oxygen atoms in total. The van der Waals surface area contributed by atoms with E-state index in [9.17, 15) is 0 Å². The Morgan fingerprint density at radius 2 is 1.73 bits per heavy atom. The second-order valence-electron chi connectivity index (χ2n) is 8.30. The Balaban J connectivity index is 1.37. The molecule has 0 radical (unpaired) electrons. The van der Waals surface area contributed by atoms with Gasteiger partial charge < -0.3 is 4.74 Å². The maximum atomic E-state index is 6.28. The third-order valence-corrected chi connectivity index (χ3v) is 6.50. The van der Waals surface area contributed by atoms with Crippen LogP contribution >= 0.6 is 23.2 Å². The first kappa shape index (κ1) is 19.9. The van der Waals surface area contributed by atoms with Crippen LogP contribution in [-0.2, 0) is 13.1 Å². The summed E-state index contributed by atoms with van der Waals surface area (Å²) in [6, 6.07) is 13.7. The van der Waals surface area contributed by atoms with Gasteiger partial charge in [-0.2, -0.15) is 0 Å². The SMILES string of the molecule is CN1Cc2cc(Cl)ccc2-n2c(nnc2C2CCC(Oc3cccc(Cl)c3)CC2)C1. The van der Waals surface area contributed by atoms with Gasteiger partial charge >= 0.3 is 0 Å². The third kappa shape index (κ3) is 3.94. The Morgan fingerprint density at radius 1 is 0.933 bits per heavy atom. The van der Waals surface area contributed by atoms with Gasteiger partial charge in [0, 0.05) is 22.5 Å². The molecule has 1 saturated carbocycles. The minimum Gasteiger partial charge on any atom is -0.490 e. The first-order valence-electron chi connectivity index (χ1n) is 10.4. The summed E-state index contributed by atoms with van der Waals surface area (Å²) in [5, 5.41) is 10.7. The van der Waals surface area contributed by atoms with E-state index in [-0.39, 0.29) is 6.10 Å². The van der Waals surface area contributed by atoms with E-state index in [0.717, 1.165) is 66.9 Å². The minimum atomic E-state index is 0.212. The van der Waals surface area contributed by atoms with Crippen LogP contribution in [0.25, 0.3) is 5.69 Å². The number of nitrogens with zero attached hydrogens (tertiary/aromatic N) is 4. The van der Waals surface area contributed by atoms with Crippen molar-refractivity contribution in [2.45, 2.75) is 50.8 Å². The van der Waals surface area contributed by atoms with Crippen LogP contribution in [0.4, 0.5) is 0 Å². The molecule has 156 valence electrons. The lowest BCUT2D eigenvalue weighted by molar-refractivity contribution is 0.144. The molecule has 1 aliphatic carbocycles. The van der Waals surface area contributed by atoms with E-state index in [1.165, 1.54) is 5.56 Å². The number of rotatable bonds is 3. The van der Waals surface area contributed by atoms with Crippen molar-refractivity contribution >= 4 is 23.2 Å². The summed E-state index contributed by atoms with van der Waals surface area (Å²) in [4.78, 5) is 2.25. The molecule has 2 heterocycles. The fourth-order valence-corrected chi connectivity index (χ4v) is 4.99. The van der Waals surface area contributed by atoms with Crippen LogP contribution in [0.1, 0.15) is 48.8 Å². The summed E-state index contributed by atoms with van der Waals surface area (Å²) in [5.41, 5.74) is 2.36. The van der Waals surface area contributed by atoms with E-state index in [2.05, 4.69) is 38.8 Å². The second kappa shape index (κ2) is 8.22. The van der Waals surface area contributed by atoms with Crippen LogP contribution in [0.2, 0.25) is 10.0 Å². The average molecular weight is 443 g/mol. The lowest BCUT2D eigenvalue weighted by atomic mass is 9.86. The van der Waals surface area contributed by atoms with Gasteiger partial charge in [-0.1, -0.05) is 29.3 Å². The molecule has 0 spiro atoms. The maximum absolute atomic E-state index is 6.28. The fraction of sp³-hybridized carbons (Fsp3) is 0.391. The summed E-state index contributed by atoms with van der Waals surface area (Å²) in [6.45, 7) is 1.62. The molecule has 0 saturated heterocycles. The molecular weight excluding hydrogens is 419 g/mol. The molecule has 0 N–H and O–H groups in total. The zero-order valence-electron chi connectivity index (χ0n) is 16.9.